The molecule has 0 saturated heterocycles. The summed E-state index contributed by atoms with van der Waals surface area (Å²) >= 11 is 5.77. The van der Waals surface area contributed by atoms with Crippen LogP contribution in [-0.2, 0) is 0 Å². The van der Waals surface area contributed by atoms with Gasteiger partial charge in [0.1, 0.15) is 17.1 Å². The number of phenolic OH excluding ortho intramolecular Hbond substituents is 2. The lowest BCUT2D eigenvalue weighted by Gasteiger charge is -2.04. The van der Waals surface area contributed by atoms with E-state index in [-0.39, 0.29) is 27.8 Å². The Morgan fingerprint density at radius 2 is 1.79 bits per heavy atom. The highest BCUT2D eigenvalue weighted by molar-refractivity contribution is 6.32. The summed E-state index contributed by atoms with van der Waals surface area (Å²) < 4.78 is 0. The fraction of sp³-hybridized carbons (Fsp3) is 0. The first kappa shape index (κ1) is 15.7. The van der Waals surface area contributed by atoms with E-state index in [4.69, 9.17) is 11.6 Å². The number of azo groups is 1. The molecule has 3 aromatic rings. The number of aromatic hydroxyl groups is 2. The first-order valence-corrected chi connectivity index (χ1v) is 7.14. The number of phenols is 2. The number of nitro benzene ring substituents is 1. The highest BCUT2D eigenvalue weighted by Gasteiger charge is 2.15. The molecule has 7 nitrogen and oxygen atoms in total. The van der Waals surface area contributed by atoms with Gasteiger partial charge in [0.2, 0.25) is 0 Å². The van der Waals surface area contributed by atoms with Gasteiger partial charge in [-0.25, -0.2) is 0 Å². The molecule has 0 spiro atoms. The first-order valence-electron chi connectivity index (χ1n) is 6.76. The van der Waals surface area contributed by atoms with Crippen molar-refractivity contribution in [1.82, 2.24) is 0 Å². The third-order valence-corrected chi connectivity index (χ3v) is 3.66. The van der Waals surface area contributed by atoms with Gasteiger partial charge in [0.25, 0.3) is 5.69 Å². The molecule has 2 N–H and O–H groups in total. The van der Waals surface area contributed by atoms with Crippen molar-refractivity contribution < 1.29 is 15.1 Å². The number of fused-ring (bicyclic) bond motifs is 1. The third-order valence-electron chi connectivity index (χ3n) is 3.38. The molecule has 0 aromatic heterocycles. The van der Waals surface area contributed by atoms with E-state index in [0.29, 0.717) is 5.39 Å². The minimum atomic E-state index is -0.653. The molecule has 0 aliphatic carbocycles. The Bertz CT molecular complexity index is 988. The van der Waals surface area contributed by atoms with Crippen LogP contribution in [0.1, 0.15) is 0 Å². The van der Waals surface area contributed by atoms with E-state index >= 15 is 0 Å². The lowest BCUT2D eigenvalue weighted by Crippen LogP contribution is -1.87. The minimum Gasteiger partial charge on any atom is -0.506 e. The predicted octanol–water partition coefficient (Wildman–Crippen LogP) is 5.23. The quantitative estimate of drug-likeness (QED) is 0.385. The van der Waals surface area contributed by atoms with Crippen LogP contribution in [0.2, 0.25) is 5.02 Å². The maximum Gasteiger partial charge on any atom is 0.273 e. The molecule has 0 fully saturated rings. The maximum absolute atomic E-state index is 10.9. The number of hydrogen-bond acceptors (Lipinski definition) is 6. The van der Waals surface area contributed by atoms with Crippen LogP contribution in [0.25, 0.3) is 10.8 Å². The Hall–Kier alpha value is -3.19. The topological polar surface area (TPSA) is 108 Å². The molecule has 0 heterocycles. The zero-order valence-corrected chi connectivity index (χ0v) is 12.8. The van der Waals surface area contributed by atoms with Crippen LogP contribution in [0, 0.1) is 10.1 Å². The number of halogens is 1. The van der Waals surface area contributed by atoms with Crippen LogP contribution in [0.5, 0.6) is 11.5 Å². The lowest BCUT2D eigenvalue weighted by atomic mass is 10.1. The largest absolute Gasteiger partial charge is 0.506 e. The van der Waals surface area contributed by atoms with Gasteiger partial charge in [-0.15, -0.1) is 10.2 Å². The van der Waals surface area contributed by atoms with E-state index < -0.39 is 10.7 Å². The number of nitrogens with zero attached hydrogens (tertiary/aromatic N) is 3. The standard InChI is InChI=1S/C16H10ClN3O4/c17-12-7-10(20(23)24)8-13(16(12)22)18-19-15-11-4-2-1-3-9(11)5-6-14(15)21/h1-8,21-22H. The molecule has 0 radical (unpaired) electrons. The van der Waals surface area contributed by atoms with Crippen molar-refractivity contribution in [1.29, 1.82) is 0 Å². The molecule has 120 valence electrons. The monoisotopic (exact) mass is 343 g/mol. The molecule has 3 rings (SSSR count). The summed E-state index contributed by atoms with van der Waals surface area (Å²) in [6, 6.07) is 12.5. The number of non-ortho nitro benzene ring substituents is 1. The average molecular weight is 344 g/mol. The van der Waals surface area contributed by atoms with Crippen molar-refractivity contribution in [3.63, 3.8) is 0 Å². The number of rotatable bonds is 3. The SMILES string of the molecule is O=[N+]([O-])c1cc(Cl)c(O)c(N=Nc2c(O)ccc3ccccc23)c1. The van der Waals surface area contributed by atoms with Gasteiger partial charge in [0.15, 0.2) is 5.75 Å². The van der Waals surface area contributed by atoms with Gasteiger partial charge in [-0.05, 0) is 11.5 Å². The van der Waals surface area contributed by atoms with E-state index in [1.807, 2.05) is 12.1 Å². The van der Waals surface area contributed by atoms with Gasteiger partial charge in [-0.1, -0.05) is 41.9 Å². The van der Waals surface area contributed by atoms with Crippen molar-refractivity contribution in [2.24, 2.45) is 10.2 Å². The summed E-state index contributed by atoms with van der Waals surface area (Å²) in [4.78, 5) is 10.2. The Balaban J connectivity index is 2.13. The third kappa shape index (κ3) is 2.84. The van der Waals surface area contributed by atoms with Crippen molar-refractivity contribution >= 4 is 39.4 Å². The lowest BCUT2D eigenvalue weighted by molar-refractivity contribution is -0.384. The highest BCUT2D eigenvalue weighted by Crippen LogP contribution is 2.41. The van der Waals surface area contributed by atoms with Crippen molar-refractivity contribution in [3.8, 4) is 11.5 Å². The molecule has 0 amide bonds. The van der Waals surface area contributed by atoms with Gasteiger partial charge < -0.3 is 10.2 Å². The van der Waals surface area contributed by atoms with Crippen LogP contribution < -0.4 is 0 Å². The second-order valence-corrected chi connectivity index (χ2v) is 5.31. The molecule has 3 aromatic carbocycles. The summed E-state index contributed by atoms with van der Waals surface area (Å²) in [7, 11) is 0. The fourth-order valence-electron chi connectivity index (χ4n) is 2.20. The van der Waals surface area contributed by atoms with Gasteiger partial charge in [0.05, 0.1) is 9.95 Å². The van der Waals surface area contributed by atoms with Crippen LogP contribution in [-0.4, -0.2) is 15.1 Å². The van der Waals surface area contributed by atoms with Crippen molar-refractivity contribution in [3.05, 3.63) is 63.7 Å². The summed E-state index contributed by atoms with van der Waals surface area (Å²) in [5.41, 5.74) is -0.300. The molecule has 24 heavy (non-hydrogen) atoms. The summed E-state index contributed by atoms with van der Waals surface area (Å²) in [6.07, 6.45) is 0. The summed E-state index contributed by atoms with van der Waals surface area (Å²) in [5, 5.41) is 39.8. The van der Waals surface area contributed by atoms with Crippen LogP contribution in [0.15, 0.2) is 58.8 Å². The first-order chi connectivity index (χ1) is 11.5. The Morgan fingerprint density at radius 1 is 1.04 bits per heavy atom. The molecular formula is C16H10ClN3O4. The second kappa shape index (κ2) is 6.13. The smallest absolute Gasteiger partial charge is 0.273 e. The number of benzene rings is 3. The van der Waals surface area contributed by atoms with Gasteiger partial charge >= 0.3 is 0 Å². The fourth-order valence-corrected chi connectivity index (χ4v) is 2.41. The molecule has 0 saturated carbocycles. The summed E-state index contributed by atoms with van der Waals surface area (Å²) in [5.74, 6) is -0.529. The molecule has 0 atom stereocenters. The van der Waals surface area contributed by atoms with Gasteiger partial charge in [-0.2, -0.15) is 0 Å². The highest BCUT2D eigenvalue weighted by atomic mass is 35.5. The maximum atomic E-state index is 10.9. The summed E-state index contributed by atoms with van der Waals surface area (Å²) in [6.45, 7) is 0. The molecule has 0 unspecified atom stereocenters. The second-order valence-electron chi connectivity index (χ2n) is 4.91. The van der Waals surface area contributed by atoms with Gasteiger partial charge in [0, 0.05) is 17.5 Å². The number of nitro groups is 1. The molecule has 0 aliphatic heterocycles. The molecule has 8 heteroatoms. The van der Waals surface area contributed by atoms with E-state index in [9.17, 15) is 20.3 Å². The van der Waals surface area contributed by atoms with E-state index in [2.05, 4.69) is 10.2 Å². The van der Waals surface area contributed by atoms with Crippen LogP contribution >= 0.6 is 11.6 Å². The van der Waals surface area contributed by atoms with Gasteiger partial charge in [-0.3, -0.25) is 10.1 Å². The molecule has 0 bridgehead atoms. The number of hydrogen-bond donors (Lipinski definition) is 2. The Labute approximate surface area is 140 Å². The van der Waals surface area contributed by atoms with Crippen molar-refractivity contribution in [2.45, 2.75) is 0 Å². The normalized spacial score (nSPS) is 11.2. The average Bonchev–Trinajstić information content (AvgIpc) is 2.57. The van der Waals surface area contributed by atoms with Crippen LogP contribution in [0.3, 0.4) is 0 Å². The Morgan fingerprint density at radius 3 is 2.54 bits per heavy atom. The van der Waals surface area contributed by atoms with E-state index in [0.717, 1.165) is 17.5 Å². The zero-order valence-electron chi connectivity index (χ0n) is 12.0. The predicted molar refractivity (Wildman–Crippen MR) is 89.6 cm³/mol. The molecular weight excluding hydrogens is 334 g/mol. The van der Waals surface area contributed by atoms with E-state index in [1.54, 1.807) is 18.2 Å². The van der Waals surface area contributed by atoms with Crippen LogP contribution in [0.4, 0.5) is 17.1 Å². The zero-order chi connectivity index (χ0) is 17.3. The Kier molecular flexibility index (Phi) is 4.01. The van der Waals surface area contributed by atoms with E-state index in [1.165, 1.54) is 6.07 Å². The van der Waals surface area contributed by atoms with Crippen molar-refractivity contribution in [2.75, 3.05) is 0 Å². The molecule has 0 aliphatic rings. The minimum absolute atomic E-state index is 0.103.